The molecule has 4 heteroatoms. The lowest BCUT2D eigenvalue weighted by Gasteiger charge is -2.29. The highest BCUT2D eigenvalue weighted by molar-refractivity contribution is 7.98. The van der Waals surface area contributed by atoms with Gasteiger partial charge < -0.3 is 9.64 Å². The average molecular weight is 327 g/mol. The highest BCUT2D eigenvalue weighted by Gasteiger charge is 2.23. The number of thioether (sulfide) groups is 1. The summed E-state index contributed by atoms with van der Waals surface area (Å²) in [5, 5.41) is 0. The summed E-state index contributed by atoms with van der Waals surface area (Å²) in [6.45, 7) is 1.24. The van der Waals surface area contributed by atoms with Crippen LogP contribution in [0.15, 0.2) is 53.4 Å². The number of ether oxygens (including phenoxy) is 1. The number of hydrogen-bond donors (Lipinski definition) is 0. The second-order valence-corrected chi connectivity index (χ2v) is 6.64. The van der Waals surface area contributed by atoms with Crippen molar-refractivity contribution in [3.8, 4) is 0 Å². The van der Waals surface area contributed by atoms with Crippen LogP contribution in [0, 0.1) is 0 Å². The predicted octanol–water partition coefficient (Wildman–Crippen LogP) is 3.62. The molecular formula is C19H21NO2S. The zero-order valence-electron chi connectivity index (χ0n) is 13.5. The first-order valence-electron chi connectivity index (χ1n) is 7.76. The van der Waals surface area contributed by atoms with Crippen molar-refractivity contribution < 1.29 is 9.53 Å². The summed E-state index contributed by atoms with van der Waals surface area (Å²) in [4.78, 5) is 15.5. The topological polar surface area (TPSA) is 29.5 Å². The minimum atomic E-state index is 0.0532. The molecule has 2 aromatic carbocycles. The molecule has 0 bridgehead atoms. The Morgan fingerprint density at radius 2 is 1.87 bits per heavy atom. The number of amides is 1. The molecule has 2 aromatic rings. The Labute approximate surface area is 141 Å². The number of benzene rings is 2. The van der Waals surface area contributed by atoms with Crippen LogP contribution in [0.5, 0.6) is 0 Å². The van der Waals surface area contributed by atoms with Crippen molar-refractivity contribution in [2.24, 2.45) is 0 Å². The van der Waals surface area contributed by atoms with Gasteiger partial charge in [-0.1, -0.05) is 36.4 Å². The Bertz CT molecular complexity index is 701. The Morgan fingerprint density at radius 1 is 1.17 bits per heavy atom. The molecule has 0 fully saturated rings. The molecule has 0 aliphatic carbocycles. The molecule has 1 aliphatic heterocycles. The van der Waals surface area contributed by atoms with E-state index in [1.165, 1.54) is 11.1 Å². The van der Waals surface area contributed by atoms with Crippen molar-refractivity contribution >= 4 is 17.7 Å². The molecule has 120 valence electrons. The molecular weight excluding hydrogens is 306 g/mol. The normalized spacial score (nSPS) is 16.7. The molecule has 1 heterocycles. The highest BCUT2D eigenvalue weighted by Crippen LogP contribution is 2.23. The number of carbonyl (C=O) groups excluding carboxylic acids is 1. The molecule has 0 saturated carbocycles. The van der Waals surface area contributed by atoms with Gasteiger partial charge in [0.25, 0.3) is 5.91 Å². The van der Waals surface area contributed by atoms with E-state index in [2.05, 4.69) is 18.2 Å². The van der Waals surface area contributed by atoms with E-state index in [9.17, 15) is 4.79 Å². The molecule has 0 N–H and O–H groups in total. The first-order chi connectivity index (χ1) is 11.2. The largest absolute Gasteiger partial charge is 0.371 e. The molecule has 23 heavy (non-hydrogen) atoms. The lowest BCUT2D eigenvalue weighted by molar-refractivity contribution is 0.00977. The lowest BCUT2D eigenvalue weighted by Crippen LogP contribution is -2.38. The molecule has 0 aromatic heterocycles. The van der Waals surface area contributed by atoms with Gasteiger partial charge >= 0.3 is 0 Å². The zero-order chi connectivity index (χ0) is 16.2. The van der Waals surface area contributed by atoms with Gasteiger partial charge in [0.15, 0.2) is 0 Å². The summed E-state index contributed by atoms with van der Waals surface area (Å²) < 4.78 is 5.92. The molecule has 0 saturated heterocycles. The van der Waals surface area contributed by atoms with Crippen molar-refractivity contribution in [3.63, 3.8) is 0 Å². The minimum absolute atomic E-state index is 0.0532. The van der Waals surface area contributed by atoms with Gasteiger partial charge in [-0.15, -0.1) is 11.8 Å². The van der Waals surface area contributed by atoms with Gasteiger partial charge in [-0.25, -0.2) is 0 Å². The van der Waals surface area contributed by atoms with E-state index in [0.29, 0.717) is 13.2 Å². The highest BCUT2D eigenvalue weighted by atomic mass is 32.2. The molecule has 0 spiro atoms. The number of rotatable bonds is 4. The van der Waals surface area contributed by atoms with Crippen molar-refractivity contribution in [2.45, 2.75) is 24.0 Å². The summed E-state index contributed by atoms with van der Waals surface area (Å²) in [6.07, 6.45) is 2.91. The predicted molar refractivity (Wildman–Crippen MR) is 93.9 cm³/mol. The molecule has 1 amide bonds. The number of likely N-dealkylation sites (N-methyl/N-ethyl adjacent to an activating group) is 1. The molecule has 1 unspecified atom stereocenters. The maximum Gasteiger partial charge on any atom is 0.254 e. The zero-order valence-corrected chi connectivity index (χ0v) is 14.3. The van der Waals surface area contributed by atoms with Crippen LogP contribution in [-0.4, -0.2) is 36.8 Å². The van der Waals surface area contributed by atoms with Gasteiger partial charge in [0, 0.05) is 24.9 Å². The summed E-state index contributed by atoms with van der Waals surface area (Å²) in [7, 11) is 1.85. The van der Waals surface area contributed by atoms with Crippen LogP contribution >= 0.6 is 11.8 Å². The van der Waals surface area contributed by atoms with Crippen LogP contribution in [0.2, 0.25) is 0 Å². The van der Waals surface area contributed by atoms with E-state index in [0.717, 1.165) is 16.9 Å². The van der Waals surface area contributed by atoms with Gasteiger partial charge in [-0.2, -0.15) is 0 Å². The third-order valence-corrected chi connectivity index (χ3v) is 5.00. The van der Waals surface area contributed by atoms with E-state index in [1.54, 1.807) is 16.7 Å². The van der Waals surface area contributed by atoms with Crippen LogP contribution in [0.25, 0.3) is 0 Å². The second-order valence-electron chi connectivity index (χ2n) is 5.79. The van der Waals surface area contributed by atoms with Gasteiger partial charge in [-0.05, 0) is 29.5 Å². The first-order valence-corrected chi connectivity index (χ1v) is 8.98. The van der Waals surface area contributed by atoms with Crippen molar-refractivity contribution in [2.75, 3.05) is 19.8 Å². The second kappa shape index (κ2) is 7.20. The standard InChI is InChI=1S/C19H21NO2S/c1-20(19(21)17-9-5-6-10-18(17)23-2)12-16-11-14-7-3-4-8-15(14)13-22-16/h3-10,16H,11-13H2,1-2H3. The van der Waals surface area contributed by atoms with E-state index in [4.69, 9.17) is 4.74 Å². The average Bonchev–Trinajstić information content (AvgIpc) is 2.60. The van der Waals surface area contributed by atoms with Crippen LogP contribution in [0.4, 0.5) is 0 Å². The van der Waals surface area contributed by atoms with Crippen molar-refractivity contribution in [1.29, 1.82) is 0 Å². The minimum Gasteiger partial charge on any atom is -0.371 e. The lowest BCUT2D eigenvalue weighted by atomic mass is 9.99. The summed E-state index contributed by atoms with van der Waals surface area (Å²) in [5.74, 6) is 0.0532. The Morgan fingerprint density at radius 3 is 2.65 bits per heavy atom. The fourth-order valence-electron chi connectivity index (χ4n) is 2.94. The Balaban J connectivity index is 1.68. The third kappa shape index (κ3) is 3.59. The number of nitrogens with zero attached hydrogens (tertiary/aromatic N) is 1. The van der Waals surface area contributed by atoms with Crippen LogP contribution in [0.3, 0.4) is 0 Å². The molecule has 0 radical (unpaired) electrons. The van der Waals surface area contributed by atoms with E-state index >= 15 is 0 Å². The van der Waals surface area contributed by atoms with E-state index < -0.39 is 0 Å². The van der Waals surface area contributed by atoms with E-state index in [-0.39, 0.29) is 12.0 Å². The SMILES string of the molecule is CSc1ccccc1C(=O)N(C)CC1Cc2ccccc2CO1. The molecule has 3 nitrogen and oxygen atoms in total. The van der Waals surface area contributed by atoms with Crippen LogP contribution in [-0.2, 0) is 17.8 Å². The Hall–Kier alpha value is -1.78. The van der Waals surface area contributed by atoms with Crippen molar-refractivity contribution in [1.82, 2.24) is 4.90 Å². The van der Waals surface area contributed by atoms with Crippen molar-refractivity contribution in [3.05, 3.63) is 65.2 Å². The fraction of sp³-hybridized carbons (Fsp3) is 0.316. The molecule has 1 aliphatic rings. The first kappa shape index (κ1) is 16.1. The molecule has 1 atom stereocenters. The van der Waals surface area contributed by atoms with E-state index in [1.807, 2.05) is 43.6 Å². The third-order valence-electron chi connectivity index (χ3n) is 4.20. The monoisotopic (exact) mass is 327 g/mol. The number of fused-ring (bicyclic) bond motifs is 1. The smallest absolute Gasteiger partial charge is 0.254 e. The van der Waals surface area contributed by atoms with Crippen LogP contribution in [0.1, 0.15) is 21.5 Å². The Kier molecular flexibility index (Phi) is 5.03. The summed E-state index contributed by atoms with van der Waals surface area (Å²) in [6, 6.07) is 16.1. The quantitative estimate of drug-likeness (QED) is 0.803. The maximum atomic E-state index is 12.7. The number of hydrogen-bond acceptors (Lipinski definition) is 3. The maximum absolute atomic E-state index is 12.7. The fourth-order valence-corrected chi connectivity index (χ4v) is 3.53. The van der Waals surface area contributed by atoms with Gasteiger partial charge in [0.1, 0.15) is 0 Å². The van der Waals surface area contributed by atoms with Gasteiger partial charge in [-0.3, -0.25) is 4.79 Å². The van der Waals surface area contributed by atoms with Gasteiger partial charge in [0.2, 0.25) is 0 Å². The van der Waals surface area contributed by atoms with Gasteiger partial charge in [0.05, 0.1) is 18.3 Å². The summed E-state index contributed by atoms with van der Waals surface area (Å²) >= 11 is 1.60. The molecule has 3 rings (SSSR count). The summed E-state index contributed by atoms with van der Waals surface area (Å²) in [5.41, 5.74) is 3.35. The number of carbonyl (C=O) groups is 1. The van der Waals surface area contributed by atoms with Crippen LogP contribution < -0.4 is 0 Å².